The Bertz CT molecular complexity index is 755. The summed E-state index contributed by atoms with van der Waals surface area (Å²) in [7, 11) is 0. The molecule has 0 saturated carbocycles. The van der Waals surface area contributed by atoms with Crippen molar-refractivity contribution >= 4 is 5.91 Å². The number of para-hydroxylation sites is 1. The van der Waals surface area contributed by atoms with Crippen LogP contribution in [0.4, 0.5) is 0 Å². The van der Waals surface area contributed by atoms with Gasteiger partial charge in [0.15, 0.2) is 0 Å². The van der Waals surface area contributed by atoms with Crippen molar-refractivity contribution in [2.45, 2.75) is 77.0 Å². The summed E-state index contributed by atoms with van der Waals surface area (Å²) in [5.74, 6) is 0.624. The van der Waals surface area contributed by atoms with Crippen molar-refractivity contribution in [2.24, 2.45) is 0 Å². The molecule has 0 spiro atoms. The van der Waals surface area contributed by atoms with E-state index in [-0.39, 0.29) is 5.91 Å². The van der Waals surface area contributed by atoms with E-state index in [1.165, 1.54) is 38.6 Å². The van der Waals surface area contributed by atoms with E-state index in [1.54, 1.807) is 0 Å². The van der Waals surface area contributed by atoms with Gasteiger partial charge in [0.05, 0.1) is 0 Å². The van der Waals surface area contributed by atoms with Crippen LogP contribution in [0.3, 0.4) is 0 Å². The standard InChI is InChI=1S/C27H38N2O2/c1-22-14-13-15-23(2)29(22)21-12-4-3-11-20-28-27(30)26(24-16-7-5-8-17-24)31-25-18-9-6-10-19-25/h5-10,16-19,22-23,26H,3-4,11-15,20-21H2,1-2H3,(H,28,30). The first-order valence-electron chi connectivity index (χ1n) is 12.0. The van der Waals surface area contributed by atoms with Crippen LogP contribution < -0.4 is 10.1 Å². The number of hydrogen-bond acceptors (Lipinski definition) is 3. The number of benzene rings is 2. The summed E-state index contributed by atoms with van der Waals surface area (Å²) in [4.78, 5) is 15.6. The van der Waals surface area contributed by atoms with Gasteiger partial charge in [0.2, 0.25) is 6.10 Å². The first-order chi connectivity index (χ1) is 15.1. The SMILES string of the molecule is CC1CCCC(C)N1CCCCCCNC(=O)C(Oc1ccccc1)c1ccccc1. The highest BCUT2D eigenvalue weighted by molar-refractivity contribution is 5.82. The number of carbonyl (C=O) groups excluding carboxylic acids is 1. The minimum absolute atomic E-state index is 0.0778. The molecule has 1 N–H and O–H groups in total. The largest absolute Gasteiger partial charge is 0.476 e. The van der Waals surface area contributed by atoms with E-state index < -0.39 is 6.10 Å². The van der Waals surface area contributed by atoms with Crippen LogP contribution in [0.2, 0.25) is 0 Å². The molecule has 31 heavy (non-hydrogen) atoms. The van der Waals surface area contributed by atoms with Gasteiger partial charge in [-0.15, -0.1) is 0 Å². The molecule has 168 valence electrons. The van der Waals surface area contributed by atoms with Crippen LogP contribution in [0.1, 0.15) is 70.5 Å². The predicted molar refractivity (Wildman–Crippen MR) is 127 cm³/mol. The molecule has 1 amide bonds. The third-order valence-electron chi connectivity index (χ3n) is 6.36. The van der Waals surface area contributed by atoms with Gasteiger partial charge in [-0.3, -0.25) is 9.69 Å². The molecule has 1 saturated heterocycles. The number of ether oxygens (including phenoxy) is 1. The summed E-state index contributed by atoms with van der Waals surface area (Å²) in [6, 6.07) is 20.7. The molecule has 0 aliphatic carbocycles. The van der Waals surface area contributed by atoms with Gasteiger partial charge in [-0.05, 0) is 58.2 Å². The predicted octanol–water partition coefficient (Wildman–Crippen LogP) is 5.75. The average Bonchev–Trinajstić information content (AvgIpc) is 2.79. The summed E-state index contributed by atoms with van der Waals surface area (Å²) >= 11 is 0. The molecule has 1 aliphatic rings. The molecule has 2 aromatic rings. The Balaban J connectivity index is 1.39. The van der Waals surface area contributed by atoms with E-state index in [1.807, 2.05) is 60.7 Å². The first kappa shape index (κ1) is 23.3. The number of nitrogens with one attached hydrogen (secondary N) is 1. The number of piperidine rings is 1. The van der Waals surface area contributed by atoms with Crippen LogP contribution in [-0.2, 0) is 4.79 Å². The molecule has 0 bridgehead atoms. The Hall–Kier alpha value is -2.33. The van der Waals surface area contributed by atoms with Crippen molar-refractivity contribution in [2.75, 3.05) is 13.1 Å². The average molecular weight is 423 g/mol. The van der Waals surface area contributed by atoms with Crippen molar-refractivity contribution in [3.8, 4) is 5.75 Å². The molecule has 0 aromatic heterocycles. The zero-order valence-electron chi connectivity index (χ0n) is 19.1. The van der Waals surface area contributed by atoms with Crippen molar-refractivity contribution < 1.29 is 9.53 Å². The van der Waals surface area contributed by atoms with Gasteiger partial charge in [0, 0.05) is 24.2 Å². The van der Waals surface area contributed by atoms with E-state index >= 15 is 0 Å². The fourth-order valence-corrected chi connectivity index (χ4v) is 4.53. The van der Waals surface area contributed by atoms with Gasteiger partial charge in [0.25, 0.3) is 5.91 Å². The number of hydrogen-bond donors (Lipinski definition) is 1. The van der Waals surface area contributed by atoms with Crippen LogP contribution >= 0.6 is 0 Å². The van der Waals surface area contributed by atoms with Crippen LogP contribution in [0.15, 0.2) is 60.7 Å². The fourth-order valence-electron chi connectivity index (χ4n) is 4.53. The number of rotatable bonds is 11. The lowest BCUT2D eigenvalue weighted by Gasteiger charge is -2.39. The lowest BCUT2D eigenvalue weighted by atomic mass is 9.97. The molecule has 3 unspecified atom stereocenters. The van der Waals surface area contributed by atoms with Crippen LogP contribution in [0, 0.1) is 0 Å². The van der Waals surface area contributed by atoms with Gasteiger partial charge in [-0.25, -0.2) is 0 Å². The van der Waals surface area contributed by atoms with E-state index in [2.05, 4.69) is 24.1 Å². The van der Waals surface area contributed by atoms with Crippen molar-refractivity contribution in [1.82, 2.24) is 10.2 Å². The Morgan fingerprint density at radius 3 is 2.23 bits per heavy atom. The van der Waals surface area contributed by atoms with Crippen molar-refractivity contribution in [3.05, 3.63) is 66.2 Å². The van der Waals surface area contributed by atoms with Gasteiger partial charge in [-0.1, -0.05) is 67.8 Å². The number of carbonyl (C=O) groups is 1. The normalized spacial score (nSPS) is 20.2. The zero-order chi connectivity index (χ0) is 21.9. The maximum atomic E-state index is 12.9. The fraction of sp³-hybridized carbons (Fsp3) is 0.519. The molecule has 3 atom stereocenters. The molecule has 4 heteroatoms. The van der Waals surface area contributed by atoms with E-state index in [9.17, 15) is 4.79 Å². The molecule has 0 radical (unpaired) electrons. The van der Waals surface area contributed by atoms with E-state index in [4.69, 9.17) is 4.74 Å². The minimum Gasteiger partial charge on any atom is -0.476 e. The van der Waals surface area contributed by atoms with Gasteiger partial charge in [-0.2, -0.15) is 0 Å². The minimum atomic E-state index is -0.634. The summed E-state index contributed by atoms with van der Waals surface area (Å²) in [5, 5.41) is 3.08. The second-order valence-corrected chi connectivity index (χ2v) is 8.79. The lowest BCUT2D eigenvalue weighted by molar-refractivity contribution is -0.128. The maximum Gasteiger partial charge on any atom is 0.265 e. The number of amides is 1. The smallest absolute Gasteiger partial charge is 0.265 e. The maximum absolute atomic E-state index is 12.9. The number of unbranched alkanes of at least 4 members (excludes halogenated alkanes) is 3. The topological polar surface area (TPSA) is 41.6 Å². The molecule has 4 nitrogen and oxygen atoms in total. The summed E-state index contributed by atoms with van der Waals surface area (Å²) in [6.07, 6.45) is 8.02. The second-order valence-electron chi connectivity index (χ2n) is 8.79. The van der Waals surface area contributed by atoms with Crippen LogP contribution in [0.5, 0.6) is 5.75 Å². The van der Waals surface area contributed by atoms with Crippen molar-refractivity contribution in [1.29, 1.82) is 0 Å². The second kappa shape index (κ2) is 12.5. The molecular weight excluding hydrogens is 384 g/mol. The Morgan fingerprint density at radius 2 is 1.55 bits per heavy atom. The molecule has 1 aliphatic heterocycles. The third kappa shape index (κ3) is 7.39. The van der Waals surface area contributed by atoms with E-state index in [0.717, 1.165) is 30.5 Å². The quantitative estimate of drug-likeness (QED) is 0.469. The number of nitrogens with zero attached hydrogens (tertiary/aromatic N) is 1. The van der Waals surface area contributed by atoms with Crippen LogP contribution in [-0.4, -0.2) is 36.0 Å². The lowest BCUT2D eigenvalue weighted by Crippen LogP contribution is -2.44. The Labute approximate surface area is 188 Å². The highest BCUT2D eigenvalue weighted by atomic mass is 16.5. The van der Waals surface area contributed by atoms with Gasteiger partial charge < -0.3 is 10.1 Å². The number of likely N-dealkylation sites (tertiary alicyclic amines) is 1. The summed E-state index contributed by atoms with van der Waals surface area (Å²) in [6.45, 7) is 6.63. The highest BCUT2D eigenvalue weighted by Crippen LogP contribution is 2.23. The molecule has 3 rings (SSSR count). The molecular formula is C27H38N2O2. The first-order valence-corrected chi connectivity index (χ1v) is 12.0. The van der Waals surface area contributed by atoms with Crippen LogP contribution in [0.25, 0.3) is 0 Å². The monoisotopic (exact) mass is 422 g/mol. The summed E-state index contributed by atoms with van der Waals surface area (Å²) < 4.78 is 6.03. The Kier molecular flexibility index (Phi) is 9.41. The van der Waals surface area contributed by atoms with Gasteiger partial charge >= 0.3 is 0 Å². The molecule has 1 fully saturated rings. The molecule has 1 heterocycles. The van der Waals surface area contributed by atoms with Crippen molar-refractivity contribution in [3.63, 3.8) is 0 Å². The molecule has 2 aromatic carbocycles. The third-order valence-corrected chi connectivity index (χ3v) is 6.36. The van der Waals surface area contributed by atoms with E-state index in [0.29, 0.717) is 12.3 Å². The summed E-state index contributed by atoms with van der Waals surface area (Å²) in [5.41, 5.74) is 0.869. The highest BCUT2D eigenvalue weighted by Gasteiger charge is 2.24. The zero-order valence-corrected chi connectivity index (χ0v) is 19.1. The van der Waals surface area contributed by atoms with Gasteiger partial charge in [0.1, 0.15) is 5.75 Å². The Morgan fingerprint density at radius 1 is 0.935 bits per heavy atom.